The Balaban J connectivity index is 1.27. The summed E-state index contributed by atoms with van der Waals surface area (Å²) in [7, 11) is 1.67. The molecule has 1 aliphatic heterocycles. The minimum atomic E-state index is 0.476. The number of ether oxygens (including phenoxy) is 1. The number of nitrogens with zero attached hydrogens (tertiary/aromatic N) is 5. The molecule has 140 valence electrons. The van der Waals surface area contributed by atoms with Crippen molar-refractivity contribution in [2.24, 2.45) is 0 Å². The number of aromatic nitrogens is 4. The highest BCUT2D eigenvalue weighted by atomic mass is 32.1. The van der Waals surface area contributed by atoms with Crippen LogP contribution in [0.1, 0.15) is 54.6 Å². The molecule has 3 aromatic heterocycles. The van der Waals surface area contributed by atoms with Gasteiger partial charge in [-0.1, -0.05) is 0 Å². The predicted octanol–water partition coefficient (Wildman–Crippen LogP) is 3.89. The standard InChI is InChI=1S/C20H23N5OS/c1-26-12-18-23-20(27-24-18)25-8-6-14(7-9-25)17-5-4-15-10-16(13-2-3-13)11-21-19(15)22-17/h4-5,10-11,13-14H,2-3,6-9,12H2,1H3. The van der Waals surface area contributed by atoms with Crippen molar-refractivity contribution in [2.45, 2.75) is 44.1 Å². The molecule has 7 heteroatoms. The van der Waals surface area contributed by atoms with E-state index in [-0.39, 0.29) is 0 Å². The Morgan fingerprint density at radius 1 is 1.11 bits per heavy atom. The van der Waals surface area contributed by atoms with Gasteiger partial charge in [0.1, 0.15) is 6.61 Å². The monoisotopic (exact) mass is 381 g/mol. The van der Waals surface area contributed by atoms with E-state index in [4.69, 9.17) is 9.72 Å². The number of rotatable bonds is 5. The molecule has 6 nitrogen and oxygen atoms in total. The molecular formula is C20H23N5OS. The number of fused-ring (bicyclic) bond motifs is 1. The summed E-state index contributed by atoms with van der Waals surface area (Å²) < 4.78 is 9.47. The Kier molecular flexibility index (Phi) is 4.49. The maximum Gasteiger partial charge on any atom is 0.205 e. The van der Waals surface area contributed by atoms with E-state index < -0.39 is 0 Å². The third kappa shape index (κ3) is 3.53. The Morgan fingerprint density at radius 2 is 1.96 bits per heavy atom. The predicted molar refractivity (Wildman–Crippen MR) is 106 cm³/mol. The lowest BCUT2D eigenvalue weighted by atomic mass is 9.93. The van der Waals surface area contributed by atoms with Crippen LogP contribution in [-0.2, 0) is 11.3 Å². The molecule has 2 aliphatic rings. The van der Waals surface area contributed by atoms with Crippen LogP contribution in [-0.4, -0.2) is 39.5 Å². The minimum Gasteiger partial charge on any atom is -0.377 e. The van der Waals surface area contributed by atoms with Gasteiger partial charge in [-0.3, -0.25) is 0 Å². The third-order valence-corrected chi connectivity index (χ3v) is 6.36. The first-order valence-electron chi connectivity index (χ1n) is 9.63. The quantitative estimate of drug-likeness (QED) is 0.668. The highest BCUT2D eigenvalue weighted by molar-refractivity contribution is 7.09. The Bertz CT molecular complexity index is 946. The summed E-state index contributed by atoms with van der Waals surface area (Å²) >= 11 is 1.46. The fourth-order valence-corrected chi connectivity index (χ4v) is 4.56. The maximum atomic E-state index is 5.11. The number of methoxy groups -OCH3 is 1. The molecule has 0 radical (unpaired) electrons. The van der Waals surface area contributed by atoms with Crippen LogP contribution in [0.15, 0.2) is 24.4 Å². The van der Waals surface area contributed by atoms with Crippen LogP contribution >= 0.6 is 11.5 Å². The van der Waals surface area contributed by atoms with Gasteiger partial charge in [0, 0.05) is 54.9 Å². The molecule has 1 saturated heterocycles. The van der Waals surface area contributed by atoms with Crippen LogP contribution in [0.25, 0.3) is 11.0 Å². The summed E-state index contributed by atoms with van der Waals surface area (Å²) in [4.78, 5) is 16.4. The second-order valence-corrected chi connectivity index (χ2v) is 8.24. The van der Waals surface area contributed by atoms with Crippen molar-refractivity contribution in [3.05, 3.63) is 41.5 Å². The van der Waals surface area contributed by atoms with Crippen molar-refractivity contribution in [1.29, 1.82) is 0 Å². The van der Waals surface area contributed by atoms with E-state index in [2.05, 4.69) is 37.4 Å². The van der Waals surface area contributed by atoms with Gasteiger partial charge < -0.3 is 9.64 Å². The van der Waals surface area contributed by atoms with E-state index in [1.54, 1.807) is 7.11 Å². The molecule has 3 aromatic rings. The molecule has 0 unspecified atom stereocenters. The number of pyridine rings is 2. The van der Waals surface area contributed by atoms with Gasteiger partial charge >= 0.3 is 0 Å². The van der Waals surface area contributed by atoms with Crippen molar-refractivity contribution in [3.8, 4) is 0 Å². The van der Waals surface area contributed by atoms with Crippen molar-refractivity contribution in [1.82, 2.24) is 19.3 Å². The van der Waals surface area contributed by atoms with Gasteiger partial charge in [0.2, 0.25) is 5.13 Å². The smallest absolute Gasteiger partial charge is 0.205 e. The number of anilines is 1. The van der Waals surface area contributed by atoms with Gasteiger partial charge in [-0.15, -0.1) is 0 Å². The summed E-state index contributed by atoms with van der Waals surface area (Å²) in [5, 5.41) is 2.17. The molecule has 4 heterocycles. The Morgan fingerprint density at radius 3 is 2.74 bits per heavy atom. The summed E-state index contributed by atoms with van der Waals surface area (Å²) in [6, 6.07) is 6.67. The molecule has 0 aromatic carbocycles. The highest BCUT2D eigenvalue weighted by Gasteiger charge is 2.25. The topological polar surface area (TPSA) is 64.0 Å². The average Bonchev–Trinajstić information content (AvgIpc) is 3.46. The number of hydrogen-bond acceptors (Lipinski definition) is 7. The summed E-state index contributed by atoms with van der Waals surface area (Å²) in [5.74, 6) is 1.99. The van der Waals surface area contributed by atoms with Crippen LogP contribution in [0.4, 0.5) is 5.13 Å². The fraction of sp³-hybridized carbons (Fsp3) is 0.500. The Labute approximate surface area is 162 Å². The molecule has 0 atom stereocenters. The molecule has 5 rings (SSSR count). The van der Waals surface area contributed by atoms with Crippen molar-refractivity contribution in [3.63, 3.8) is 0 Å². The second-order valence-electron chi connectivity index (χ2n) is 7.51. The Hall–Kier alpha value is -2.12. The van der Waals surface area contributed by atoms with Crippen LogP contribution in [0, 0.1) is 0 Å². The fourth-order valence-electron chi connectivity index (χ4n) is 3.84. The SMILES string of the molecule is COCc1nsc(N2CCC(c3ccc4cc(C5CC5)cnc4n3)CC2)n1. The first-order chi connectivity index (χ1) is 13.3. The van der Waals surface area contributed by atoms with Crippen LogP contribution in [0.2, 0.25) is 0 Å². The van der Waals surface area contributed by atoms with E-state index >= 15 is 0 Å². The summed E-state index contributed by atoms with van der Waals surface area (Å²) in [6.07, 6.45) is 6.79. The van der Waals surface area contributed by atoms with Crippen LogP contribution in [0.5, 0.6) is 0 Å². The first-order valence-corrected chi connectivity index (χ1v) is 10.4. The molecule has 1 aliphatic carbocycles. The molecule has 0 spiro atoms. The van der Waals surface area contributed by atoms with Gasteiger partial charge in [-0.25, -0.2) is 15.0 Å². The van der Waals surface area contributed by atoms with Crippen molar-refractivity contribution < 1.29 is 4.74 Å². The zero-order chi connectivity index (χ0) is 18.2. The lowest BCUT2D eigenvalue weighted by Gasteiger charge is -2.31. The molecule has 0 bridgehead atoms. The minimum absolute atomic E-state index is 0.476. The van der Waals surface area contributed by atoms with E-state index in [1.807, 2.05) is 6.20 Å². The lowest BCUT2D eigenvalue weighted by molar-refractivity contribution is 0.179. The summed E-state index contributed by atoms with van der Waals surface area (Å²) in [6.45, 7) is 2.45. The lowest BCUT2D eigenvalue weighted by Crippen LogP contribution is -2.33. The number of hydrogen-bond donors (Lipinski definition) is 0. The molecule has 0 N–H and O–H groups in total. The summed E-state index contributed by atoms with van der Waals surface area (Å²) in [5.41, 5.74) is 3.43. The first kappa shape index (κ1) is 17.0. The molecule has 1 saturated carbocycles. The van der Waals surface area contributed by atoms with Gasteiger partial charge in [0.25, 0.3) is 0 Å². The molecule has 0 amide bonds. The van der Waals surface area contributed by atoms with Crippen LogP contribution < -0.4 is 4.90 Å². The zero-order valence-electron chi connectivity index (χ0n) is 15.5. The molecular weight excluding hydrogens is 358 g/mol. The normalized spacial score (nSPS) is 18.3. The third-order valence-electron chi connectivity index (χ3n) is 5.55. The van der Waals surface area contributed by atoms with E-state index in [9.17, 15) is 0 Å². The largest absolute Gasteiger partial charge is 0.377 e. The van der Waals surface area contributed by atoms with Crippen LogP contribution in [0.3, 0.4) is 0 Å². The second kappa shape index (κ2) is 7.13. The van der Waals surface area contributed by atoms with Crippen molar-refractivity contribution >= 4 is 27.7 Å². The molecule has 2 fully saturated rings. The zero-order valence-corrected chi connectivity index (χ0v) is 16.3. The van der Waals surface area contributed by atoms with E-state index in [1.165, 1.54) is 41.0 Å². The maximum absolute atomic E-state index is 5.11. The molecule has 27 heavy (non-hydrogen) atoms. The van der Waals surface area contributed by atoms with E-state index in [0.717, 1.165) is 48.5 Å². The van der Waals surface area contributed by atoms with Gasteiger partial charge in [0.15, 0.2) is 11.5 Å². The number of piperidine rings is 1. The van der Waals surface area contributed by atoms with Gasteiger partial charge in [-0.05, 0) is 55.4 Å². The van der Waals surface area contributed by atoms with Crippen molar-refractivity contribution in [2.75, 3.05) is 25.1 Å². The average molecular weight is 382 g/mol. The highest BCUT2D eigenvalue weighted by Crippen LogP contribution is 2.40. The van der Waals surface area contributed by atoms with Gasteiger partial charge in [0.05, 0.1) is 0 Å². The van der Waals surface area contributed by atoms with E-state index in [0.29, 0.717) is 12.5 Å². The van der Waals surface area contributed by atoms with Gasteiger partial charge in [-0.2, -0.15) is 4.37 Å².